The molecule has 0 aliphatic rings. The highest BCUT2D eigenvalue weighted by molar-refractivity contribution is 5.89. The summed E-state index contributed by atoms with van der Waals surface area (Å²) in [7, 11) is 0. The van der Waals surface area contributed by atoms with Gasteiger partial charge in [0.05, 0.1) is 15.4 Å². The molecule has 0 unspecified atom stereocenters. The number of nitrogens with zero attached hydrogens (tertiary/aromatic N) is 3. The molecule has 9 nitrogen and oxygen atoms in total. The van der Waals surface area contributed by atoms with E-state index in [9.17, 15) is 25.0 Å². The molecule has 0 fully saturated rings. The number of nitro groups is 2. The van der Waals surface area contributed by atoms with Crippen molar-refractivity contribution in [2.75, 3.05) is 5.32 Å². The number of amides is 1. The van der Waals surface area contributed by atoms with Crippen LogP contribution in [-0.2, 0) is 4.79 Å². The minimum atomic E-state index is -0.452. The lowest BCUT2D eigenvalue weighted by atomic mass is 10.1. The molecule has 1 N–H and O–H groups in total. The van der Waals surface area contributed by atoms with Gasteiger partial charge in [0.1, 0.15) is 0 Å². The number of aromatic nitrogens is 1. The lowest BCUT2D eigenvalue weighted by Gasteiger charge is -2.03. The highest BCUT2D eigenvalue weighted by Crippen LogP contribution is 2.23. The topological polar surface area (TPSA) is 128 Å². The zero-order valence-corrected chi connectivity index (χ0v) is 15.5. The number of aryl methyl sites for hydroxylation is 2. The van der Waals surface area contributed by atoms with Crippen LogP contribution in [0.25, 0.3) is 10.9 Å². The number of benzene rings is 2. The van der Waals surface area contributed by atoms with Gasteiger partial charge in [0.25, 0.3) is 11.4 Å². The Bertz CT molecular complexity index is 1070. The Hall–Kier alpha value is -3.88. The first-order valence-electron chi connectivity index (χ1n) is 8.21. The van der Waals surface area contributed by atoms with E-state index in [4.69, 9.17) is 0 Å². The molecule has 0 radical (unpaired) electrons. The van der Waals surface area contributed by atoms with Gasteiger partial charge in [0.15, 0.2) is 0 Å². The van der Waals surface area contributed by atoms with Crippen LogP contribution in [0, 0.1) is 34.1 Å². The number of nitrogens with one attached hydrogen (secondary N) is 1. The summed E-state index contributed by atoms with van der Waals surface area (Å²) in [5.41, 5.74) is 2.73. The van der Waals surface area contributed by atoms with E-state index in [1.165, 1.54) is 19.1 Å². The van der Waals surface area contributed by atoms with Gasteiger partial charge in [0, 0.05) is 47.5 Å². The molecular formula is C19H18N4O5. The summed E-state index contributed by atoms with van der Waals surface area (Å²) in [6.45, 7) is 4.73. The average Bonchev–Trinajstić information content (AvgIpc) is 2.60. The molecule has 2 aromatic carbocycles. The summed E-state index contributed by atoms with van der Waals surface area (Å²) < 4.78 is 0. The largest absolute Gasteiger partial charge is 0.326 e. The number of carbonyl (C=O) groups is 1. The Kier molecular flexibility index (Phi) is 6.33. The van der Waals surface area contributed by atoms with Gasteiger partial charge in [-0.05, 0) is 38.1 Å². The van der Waals surface area contributed by atoms with Gasteiger partial charge < -0.3 is 5.32 Å². The van der Waals surface area contributed by atoms with Gasteiger partial charge in [0.2, 0.25) is 5.91 Å². The maximum Gasteiger partial charge on any atom is 0.273 e. The van der Waals surface area contributed by atoms with Crippen LogP contribution in [0.2, 0.25) is 0 Å². The predicted octanol–water partition coefficient (Wildman–Crippen LogP) is 4.31. The lowest BCUT2D eigenvalue weighted by Crippen LogP contribution is -2.06. The van der Waals surface area contributed by atoms with E-state index in [0.717, 1.165) is 10.9 Å². The summed E-state index contributed by atoms with van der Waals surface area (Å²) in [6, 6.07) is 11.3. The van der Waals surface area contributed by atoms with Crippen molar-refractivity contribution < 1.29 is 14.6 Å². The summed E-state index contributed by atoms with van der Waals surface area (Å²) in [6.07, 6.45) is 1.67. The molecule has 0 spiro atoms. The highest BCUT2D eigenvalue weighted by Gasteiger charge is 2.11. The maximum atomic E-state index is 10.7. The molecule has 3 aromatic rings. The molecule has 1 heterocycles. The van der Waals surface area contributed by atoms with E-state index < -0.39 is 4.92 Å². The highest BCUT2D eigenvalue weighted by atomic mass is 16.6. The summed E-state index contributed by atoms with van der Waals surface area (Å²) in [4.78, 5) is 35.1. The van der Waals surface area contributed by atoms with Crippen LogP contribution in [0.4, 0.5) is 17.1 Å². The van der Waals surface area contributed by atoms with E-state index in [1.807, 2.05) is 6.07 Å². The SMILES string of the molecule is CC(=O)Nc1ccc([N+](=O)[O-])c(C)c1.Cc1cc2ncccc2cc1[N+](=O)[O-]. The molecule has 0 bridgehead atoms. The van der Waals surface area contributed by atoms with Crippen LogP contribution in [0.1, 0.15) is 18.1 Å². The molecular weight excluding hydrogens is 364 g/mol. The Morgan fingerprint density at radius 3 is 2.18 bits per heavy atom. The molecule has 0 saturated carbocycles. The predicted molar refractivity (Wildman–Crippen MR) is 105 cm³/mol. The van der Waals surface area contributed by atoms with Crippen LogP contribution >= 0.6 is 0 Å². The van der Waals surface area contributed by atoms with Gasteiger partial charge in [-0.1, -0.05) is 6.07 Å². The van der Waals surface area contributed by atoms with Gasteiger partial charge >= 0.3 is 0 Å². The zero-order chi connectivity index (χ0) is 20.8. The number of fused-ring (bicyclic) bond motifs is 1. The van der Waals surface area contributed by atoms with Crippen molar-refractivity contribution in [3.63, 3.8) is 0 Å². The fraction of sp³-hybridized carbons (Fsp3) is 0.158. The van der Waals surface area contributed by atoms with E-state index in [1.54, 1.807) is 44.3 Å². The fourth-order valence-electron chi connectivity index (χ4n) is 2.55. The fourth-order valence-corrected chi connectivity index (χ4v) is 2.55. The number of rotatable bonds is 3. The molecule has 1 aromatic heterocycles. The molecule has 3 rings (SSSR count). The molecule has 9 heteroatoms. The van der Waals surface area contributed by atoms with Crippen LogP contribution < -0.4 is 5.32 Å². The van der Waals surface area contributed by atoms with Crippen molar-refractivity contribution >= 4 is 33.9 Å². The second-order valence-electron chi connectivity index (χ2n) is 6.03. The quantitative estimate of drug-likeness (QED) is 0.531. The zero-order valence-electron chi connectivity index (χ0n) is 15.5. The Morgan fingerprint density at radius 2 is 1.61 bits per heavy atom. The first-order chi connectivity index (χ1) is 13.2. The average molecular weight is 382 g/mol. The third kappa shape index (κ3) is 5.07. The molecule has 144 valence electrons. The number of hydrogen-bond donors (Lipinski definition) is 1. The molecule has 28 heavy (non-hydrogen) atoms. The third-order valence-electron chi connectivity index (χ3n) is 3.83. The van der Waals surface area contributed by atoms with Crippen LogP contribution in [0.5, 0.6) is 0 Å². The van der Waals surface area contributed by atoms with Crippen molar-refractivity contribution in [3.8, 4) is 0 Å². The number of nitro benzene ring substituents is 2. The lowest BCUT2D eigenvalue weighted by molar-refractivity contribution is -0.385. The van der Waals surface area contributed by atoms with Crippen LogP contribution in [0.3, 0.4) is 0 Å². The van der Waals surface area contributed by atoms with Crippen molar-refractivity contribution in [3.05, 3.63) is 80.0 Å². The Labute approximate surface area is 160 Å². The molecule has 1 amide bonds. The summed E-state index contributed by atoms with van der Waals surface area (Å²) in [5, 5.41) is 24.5. The molecule has 0 atom stereocenters. The van der Waals surface area contributed by atoms with Gasteiger partial charge in [-0.25, -0.2) is 0 Å². The van der Waals surface area contributed by atoms with Gasteiger partial charge in [-0.15, -0.1) is 0 Å². The van der Waals surface area contributed by atoms with E-state index in [2.05, 4.69) is 10.3 Å². The number of carbonyl (C=O) groups excluding carboxylic acids is 1. The van der Waals surface area contributed by atoms with Gasteiger partial charge in [-0.3, -0.25) is 30.0 Å². The Morgan fingerprint density at radius 1 is 0.964 bits per heavy atom. The van der Waals surface area contributed by atoms with E-state index in [0.29, 0.717) is 16.8 Å². The van der Waals surface area contributed by atoms with Crippen LogP contribution in [-0.4, -0.2) is 20.7 Å². The first kappa shape index (κ1) is 20.4. The number of hydrogen-bond acceptors (Lipinski definition) is 6. The molecule has 0 saturated heterocycles. The number of anilines is 1. The summed E-state index contributed by atoms with van der Waals surface area (Å²) in [5.74, 6) is -0.196. The van der Waals surface area contributed by atoms with Crippen molar-refractivity contribution in [2.24, 2.45) is 0 Å². The molecule has 0 aliphatic carbocycles. The second-order valence-corrected chi connectivity index (χ2v) is 6.03. The summed E-state index contributed by atoms with van der Waals surface area (Å²) >= 11 is 0. The second kappa shape index (κ2) is 8.67. The Balaban J connectivity index is 0.000000200. The first-order valence-corrected chi connectivity index (χ1v) is 8.21. The monoisotopic (exact) mass is 382 g/mol. The maximum absolute atomic E-state index is 10.7. The number of pyridine rings is 1. The third-order valence-corrected chi connectivity index (χ3v) is 3.83. The van der Waals surface area contributed by atoms with Crippen LogP contribution in [0.15, 0.2) is 48.7 Å². The van der Waals surface area contributed by atoms with Crippen molar-refractivity contribution in [1.82, 2.24) is 4.98 Å². The smallest absolute Gasteiger partial charge is 0.273 e. The van der Waals surface area contributed by atoms with Crippen molar-refractivity contribution in [1.29, 1.82) is 0 Å². The normalized spacial score (nSPS) is 9.96. The van der Waals surface area contributed by atoms with E-state index in [-0.39, 0.29) is 22.2 Å². The van der Waals surface area contributed by atoms with E-state index >= 15 is 0 Å². The van der Waals surface area contributed by atoms with Gasteiger partial charge in [-0.2, -0.15) is 0 Å². The standard InChI is InChI=1S/C10H8N2O2.C9H10N2O3/c1-7-5-9-8(3-2-4-11-9)6-10(7)12(13)14;1-6-5-8(10-7(2)12)3-4-9(6)11(13)14/h2-6H,1H3;3-5H,1-2H3,(H,10,12). The minimum Gasteiger partial charge on any atom is -0.326 e. The minimum absolute atomic E-state index is 0.0547. The van der Waals surface area contributed by atoms with Crippen molar-refractivity contribution in [2.45, 2.75) is 20.8 Å². The molecule has 0 aliphatic heterocycles.